The van der Waals surface area contributed by atoms with Gasteiger partial charge in [0.05, 0.1) is 5.92 Å². The Hall–Kier alpha value is -1.44. The fourth-order valence-electron chi connectivity index (χ4n) is 1.48. The number of aliphatic carboxylic acids is 1. The van der Waals surface area contributed by atoms with Crippen LogP contribution in [0.2, 0.25) is 0 Å². The van der Waals surface area contributed by atoms with Crippen molar-refractivity contribution in [3.63, 3.8) is 0 Å². The SMILES string of the molecule is CC(C)C(=O)O[C@H](OC(=O)NC[C@H](SC(C)(C)C)C(=O)O)C(C)C. The van der Waals surface area contributed by atoms with Crippen molar-refractivity contribution in [2.75, 3.05) is 6.54 Å². The molecule has 0 aromatic rings. The minimum atomic E-state index is -1.02. The summed E-state index contributed by atoms with van der Waals surface area (Å²) >= 11 is 1.24. The minimum Gasteiger partial charge on any atom is -0.480 e. The molecule has 0 saturated heterocycles. The van der Waals surface area contributed by atoms with Crippen LogP contribution in [0.5, 0.6) is 0 Å². The van der Waals surface area contributed by atoms with Crippen molar-refractivity contribution in [1.82, 2.24) is 5.32 Å². The normalized spacial score (nSPS) is 14.2. The van der Waals surface area contributed by atoms with E-state index in [0.29, 0.717) is 0 Å². The number of ether oxygens (including phenoxy) is 2. The molecule has 0 bridgehead atoms. The molecule has 1 amide bonds. The molecule has 140 valence electrons. The predicted molar refractivity (Wildman–Crippen MR) is 92.8 cm³/mol. The van der Waals surface area contributed by atoms with Gasteiger partial charge in [0.1, 0.15) is 5.25 Å². The molecule has 0 rings (SSSR count). The van der Waals surface area contributed by atoms with E-state index < -0.39 is 29.6 Å². The zero-order chi connectivity index (χ0) is 19.1. The molecule has 0 aromatic carbocycles. The highest BCUT2D eigenvalue weighted by atomic mass is 32.2. The van der Waals surface area contributed by atoms with E-state index in [2.05, 4.69) is 5.32 Å². The van der Waals surface area contributed by atoms with Crippen molar-refractivity contribution < 1.29 is 29.0 Å². The minimum absolute atomic E-state index is 0.0843. The van der Waals surface area contributed by atoms with Gasteiger partial charge < -0.3 is 19.9 Å². The molecule has 2 atom stereocenters. The summed E-state index contributed by atoms with van der Waals surface area (Å²) in [5.74, 6) is -2.04. The molecule has 0 spiro atoms. The Morgan fingerprint density at radius 3 is 2.00 bits per heavy atom. The molecule has 8 heteroatoms. The van der Waals surface area contributed by atoms with Crippen molar-refractivity contribution in [3.8, 4) is 0 Å². The fraction of sp³-hybridized carbons (Fsp3) is 0.812. The number of hydrogen-bond donors (Lipinski definition) is 2. The molecule has 0 aromatic heterocycles. The van der Waals surface area contributed by atoms with Crippen LogP contribution in [0.15, 0.2) is 0 Å². The summed E-state index contributed by atoms with van der Waals surface area (Å²) in [6.45, 7) is 12.5. The Balaban J connectivity index is 4.62. The van der Waals surface area contributed by atoms with Gasteiger partial charge in [-0.2, -0.15) is 0 Å². The topological polar surface area (TPSA) is 102 Å². The quantitative estimate of drug-likeness (QED) is 0.505. The first-order valence-corrected chi connectivity index (χ1v) is 8.77. The number of hydrogen-bond acceptors (Lipinski definition) is 6. The van der Waals surface area contributed by atoms with Crippen LogP contribution in [0.1, 0.15) is 48.5 Å². The van der Waals surface area contributed by atoms with Gasteiger partial charge in [0.25, 0.3) is 6.29 Å². The third-order valence-electron chi connectivity index (χ3n) is 2.67. The molecule has 0 aliphatic rings. The third-order valence-corrected chi connectivity index (χ3v) is 4.03. The van der Waals surface area contributed by atoms with Gasteiger partial charge in [-0.25, -0.2) is 4.79 Å². The van der Waals surface area contributed by atoms with E-state index in [9.17, 15) is 19.5 Å². The van der Waals surface area contributed by atoms with Crippen molar-refractivity contribution in [2.24, 2.45) is 11.8 Å². The highest BCUT2D eigenvalue weighted by Crippen LogP contribution is 2.28. The molecular formula is C16H29NO6S. The summed E-state index contributed by atoms with van der Waals surface area (Å²) in [5.41, 5.74) is 0. The lowest BCUT2D eigenvalue weighted by Gasteiger charge is -2.24. The third kappa shape index (κ3) is 9.64. The van der Waals surface area contributed by atoms with Gasteiger partial charge in [-0.1, -0.05) is 48.5 Å². The second kappa shape index (κ2) is 9.76. The number of amides is 1. The highest BCUT2D eigenvalue weighted by molar-refractivity contribution is 8.01. The number of thioether (sulfide) groups is 1. The van der Waals surface area contributed by atoms with Crippen LogP contribution < -0.4 is 5.32 Å². The van der Waals surface area contributed by atoms with Crippen LogP contribution >= 0.6 is 11.8 Å². The van der Waals surface area contributed by atoms with Crippen molar-refractivity contribution in [3.05, 3.63) is 0 Å². The first-order chi connectivity index (χ1) is 10.8. The Labute approximate surface area is 147 Å². The summed E-state index contributed by atoms with van der Waals surface area (Å²) in [6, 6.07) is 0. The van der Waals surface area contributed by atoms with Gasteiger partial charge in [0, 0.05) is 17.2 Å². The monoisotopic (exact) mass is 363 g/mol. The maximum Gasteiger partial charge on any atom is 0.410 e. The molecule has 0 radical (unpaired) electrons. The summed E-state index contributed by atoms with van der Waals surface area (Å²) < 4.78 is 9.97. The van der Waals surface area contributed by atoms with Crippen LogP contribution in [0.3, 0.4) is 0 Å². The van der Waals surface area contributed by atoms with Gasteiger partial charge in [-0.05, 0) is 0 Å². The Bertz CT molecular complexity index is 444. The molecule has 0 saturated carbocycles. The molecule has 0 aliphatic heterocycles. The van der Waals surface area contributed by atoms with Gasteiger partial charge >= 0.3 is 18.0 Å². The van der Waals surface area contributed by atoms with E-state index in [0.717, 1.165) is 0 Å². The van der Waals surface area contributed by atoms with E-state index in [-0.39, 0.29) is 23.1 Å². The van der Waals surface area contributed by atoms with Crippen LogP contribution in [-0.2, 0) is 19.1 Å². The van der Waals surface area contributed by atoms with E-state index in [4.69, 9.17) is 9.47 Å². The van der Waals surface area contributed by atoms with Crippen LogP contribution in [-0.4, -0.2) is 46.0 Å². The highest BCUT2D eigenvalue weighted by Gasteiger charge is 2.28. The summed E-state index contributed by atoms with van der Waals surface area (Å²) in [6.07, 6.45) is -1.83. The first-order valence-electron chi connectivity index (χ1n) is 7.89. The van der Waals surface area contributed by atoms with E-state index >= 15 is 0 Å². The number of rotatable bonds is 8. The second-order valence-electron chi connectivity index (χ2n) is 7.05. The lowest BCUT2D eigenvalue weighted by molar-refractivity contribution is -0.178. The number of alkyl carbamates (subject to hydrolysis) is 1. The van der Waals surface area contributed by atoms with Crippen molar-refractivity contribution in [1.29, 1.82) is 0 Å². The Morgan fingerprint density at radius 1 is 1.08 bits per heavy atom. The van der Waals surface area contributed by atoms with Gasteiger partial charge in [-0.3, -0.25) is 9.59 Å². The van der Waals surface area contributed by atoms with Gasteiger partial charge in [-0.15, -0.1) is 11.8 Å². The molecule has 2 N–H and O–H groups in total. The standard InChI is InChI=1S/C16H29NO6S/c1-9(2)13(20)22-14(10(3)4)23-15(21)17-8-11(12(18)19)24-16(5,6)7/h9-11,14H,8H2,1-7H3,(H,17,21)(H,18,19)/t11-,14+/m0/s1. The molecule has 0 heterocycles. The van der Waals surface area contributed by atoms with Crippen LogP contribution in [0.25, 0.3) is 0 Å². The van der Waals surface area contributed by atoms with Crippen molar-refractivity contribution >= 4 is 29.8 Å². The lowest BCUT2D eigenvalue weighted by atomic mass is 10.2. The lowest BCUT2D eigenvalue weighted by Crippen LogP contribution is -2.40. The maximum atomic E-state index is 11.9. The summed E-state index contributed by atoms with van der Waals surface area (Å²) in [5, 5.41) is 10.8. The Morgan fingerprint density at radius 2 is 1.62 bits per heavy atom. The zero-order valence-corrected chi connectivity index (χ0v) is 16.2. The van der Waals surface area contributed by atoms with E-state index in [1.165, 1.54) is 11.8 Å². The number of nitrogens with one attached hydrogen (secondary N) is 1. The van der Waals surface area contributed by atoms with Crippen LogP contribution in [0, 0.1) is 11.8 Å². The number of esters is 1. The Kier molecular flexibility index (Phi) is 9.17. The van der Waals surface area contributed by atoms with Crippen LogP contribution in [0.4, 0.5) is 4.79 Å². The van der Waals surface area contributed by atoms with E-state index in [1.807, 2.05) is 20.8 Å². The second-order valence-corrected chi connectivity index (χ2v) is 9.08. The van der Waals surface area contributed by atoms with Crippen molar-refractivity contribution in [2.45, 2.75) is 64.8 Å². The number of carboxylic acids is 1. The first kappa shape index (κ1) is 22.6. The fourth-order valence-corrected chi connectivity index (χ4v) is 2.60. The summed E-state index contributed by atoms with van der Waals surface area (Å²) in [7, 11) is 0. The smallest absolute Gasteiger partial charge is 0.410 e. The number of carboxylic acid groups (broad SMARTS) is 1. The van der Waals surface area contributed by atoms with Gasteiger partial charge in [0.2, 0.25) is 0 Å². The molecule has 7 nitrogen and oxygen atoms in total. The number of carbonyl (C=O) groups excluding carboxylic acids is 2. The van der Waals surface area contributed by atoms with Gasteiger partial charge in [0.15, 0.2) is 0 Å². The largest absolute Gasteiger partial charge is 0.480 e. The molecule has 0 aliphatic carbocycles. The zero-order valence-electron chi connectivity index (χ0n) is 15.4. The molecule has 0 unspecified atom stereocenters. The predicted octanol–water partition coefficient (Wildman–Crippen LogP) is 2.88. The molecule has 0 fully saturated rings. The molecular weight excluding hydrogens is 334 g/mol. The summed E-state index contributed by atoms with van der Waals surface area (Å²) in [4.78, 5) is 34.8. The average molecular weight is 363 g/mol. The number of carbonyl (C=O) groups is 3. The maximum absolute atomic E-state index is 11.9. The van der Waals surface area contributed by atoms with E-state index in [1.54, 1.807) is 27.7 Å². The average Bonchev–Trinajstić information content (AvgIpc) is 2.40. The molecule has 24 heavy (non-hydrogen) atoms.